The Morgan fingerprint density at radius 1 is 1.09 bits per heavy atom. The summed E-state index contributed by atoms with van der Waals surface area (Å²) >= 11 is 6.11. The van der Waals surface area contributed by atoms with Crippen LogP contribution in [0.1, 0.15) is 80.6 Å². The van der Waals surface area contributed by atoms with Crippen LogP contribution in [0.5, 0.6) is 0 Å². The average molecular weight is 450 g/mol. The molecule has 0 atom stereocenters. The standard InChI is InChI=1S/C28H32ClNO2/c1-17(2)21-10-13-24-23(14-21)26(27(32)20-8-9-20)25(15-28(4,5)18(3)31)30(24)16-19-6-11-22(29)12-7-19/h6-7,10-14,17,20H,8-9,15-16H2,1-5H3. The largest absolute Gasteiger partial charge is 0.339 e. The Balaban J connectivity index is 1.97. The number of rotatable bonds is 8. The number of fused-ring (bicyclic) bond motifs is 1. The highest BCUT2D eigenvalue weighted by molar-refractivity contribution is 6.30. The van der Waals surface area contributed by atoms with E-state index in [4.69, 9.17) is 11.6 Å². The molecule has 0 radical (unpaired) electrons. The number of nitrogens with zero attached hydrogens (tertiary/aromatic N) is 1. The summed E-state index contributed by atoms with van der Waals surface area (Å²) in [5, 5.41) is 1.73. The normalized spacial score (nSPS) is 14.3. The summed E-state index contributed by atoms with van der Waals surface area (Å²) < 4.78 is 2.25. The van der Waals surface area contributed by atoms with Crippen LogP contribution in [0, 0.1) is 11.3 Å². The lowest BCUT2D eigenvalue weighted by atomic mass is 9.82. The topological polar surface area (TPSA) is 39.1 Å². The molecule has 0 spiro atoms. The lowest BCUT2D eigenvalue weighted by molar-refractivity contribution is -0.124. The average Bonchev–Trinajstić information content (AvgIpc) is 3.54. The van der Waals surface area contributed by atoms with Gasteiger partial charge in [-0.25, -0.2) is 0 Å². The maximum absolute atomic E-state index is 13.6. The zero-order valence-electron chi connectivity index (χ0n) is 19.7. The number of halogens is 1. The van der Waals surface area contributed by atoms with Gasteiger partial charge in [-0.1, -0.05) is 57.5 Å². The first-order chi connectivity index (χ1) is 15.1. The molecule has 0 bridgehead atoms. The van der Waals surface area contributed by atoms with Crippen molar-refractivity contribution in [3.05, 3.63) is 69.9 Å². The second kappa shape index (κ2) is 8.51. The number of hydrogen-bond donors (Lipinski definition) is 0. The number of carbonyl (C=O) groups excluding carboxylic acids is 2. The summed E-state index contributed by atoms with van der Waals surface area (Å²) in [6.07, 6.45) is 2.46. The van der Waals surface area contributed by atoms with E-state index in [-0.39, 0.29) is 17.5 Å². The van der Waals surface area contributed by atoms with E-state index in [2.05, 4.69) is 36.6 Å². The number of benzene rings is 2. The summed E-state index contributed by atoms with van der Waals surface area (Å²) in [5.74, 6) is 0.861. The second-order valence-electron chi connectivity index (χ2n) is 10.2. The molecule has 0 saturated heterocycles. The summed E-state index contributed by atoms with van der Waals surface area (Å²) in [5.41, 5.74) is 4.66. The van der Waals surface area contributed by atoms with Crippen molar-refractivity contribution in [2.75, 3.05) is 0 Å². The molecule has 168 valence electrons. The van der Waals surface area contributed by atoms with E-state index >= 15 is 0 Å². The van der Waals surface area contributed by atoms with Crippen LogP contribution in [0.25, 0.3) is 10.9 Å². The Morgan fingerprint density at radius 2 is 1.75 bits per heavy atom. The highest BCUT2D eigenvalue weighted by atomic mass is 35.5. The van der Waals surface area contributed by atoms with Gasteiger partial charge in [0.05, 0.1) is 0 Å². The zero-order chi connectivity index (χ0) is 23.2. The van der Waals surface area contributed by atoms with E-state index in [1.54, 1.807) is 6.92 Å². The molecule has 0 amide bonds. The van der Waals surface area contributed by atoms with Gasteiger partial charge in [-0.05, 0) is 61.1 Å². The molecule has 1 fully saturated rings. The molecule has 1 aliphatic rings. The zero-order valence-corrected chi connectivity index (χ0v) is 20.4. The first-order valence-corrected chi connectivity index (χ1v) is 11.9. The van der Waals surface area contributed by atoms with Crippen LogP contribution in [-0.4, -0.2) is 16.1 Å². The number of aromatic nitrogens is 1. The Hall–Kier alpha value is -2.39. The van der Waals surface area contributed by atoms with Crippen molar-refractivity contribution >= 4 is 34.1 Å². The second-order valence-corrected chi connectivity index (χ2v) is 10.7. The van der Waals surface area contributed by atoms with Crippen LogP contribution >= 0.6 is 11.6 Å². The molecular formula is C28H32ClNO2. The SMILES string of the molecule is CC(=O)C(C)(C)Cc1c(C(=O)C2CC2)c2cc(C(C)C)ccc2n1Cc1ccc(Cl)cc1. The fourth-order valence-corrected chi connectivity index (χ4v) is 4.41. The van der Waals surface area contributed by atoms with Gasteiger partial charge >= 0.3 is 0 Å². The molecular weight excluding hydrogens is 418 g/mol. The quantitative estimate of drug-likeness (QED) is 0.340. The van der Waals surface area contributed by atoms with Gasteiger partial charge in [0.2, 0.25) is 0 Å². The van der Waals surface area contributed by atoms with Gasteiger partial charge in [-0.3, -0.25) is 9.59 Å². The molecule has 0 aliphatic heterocycles. The molecule has 0 N–H and O–H groups in total. The Morgan fingerprint density at radius 3 is 2.31 bits per heavy atom. The van der Waals surface area contributed by atoms with Gasteiger partial charge in [0.25, 0.3) is 0 Å². The summed E-state index contributed by atoms with van der Waals surface area (Å²) in [6, 6.07) is 14.4. The van der Waals surface area contributed by atoms with Gasteiger partial charge in [0, 0.05) is 51.5 Å². The van der Waals surface area contributed by atoms with Crippen LogP contribution in [0.15, 0.2) is 42.5 Å². The first kappa shape index (κ1) is 22.8. The molecule has 32 heavy (non-hydrogen) atoms. The van der Waals surface area contributed by atoms with Crippen LogP contribution in [-0.2, 0) is 17.8 Å². The van der Waals surface area contributed by atoms with Gasteiger partial charge in [-0.2, -0.15) is 0 Å². The van der Waals surface area contributed by atoms with Crippen LogP contribution in [0.4, 0.5) is 0 Å². The van der Waals surface area contributed by atoms with Crippen molar-refractivity contribution in [3.8, 4) is 0 Å². The lowest BCUT2D eigenvalue weighted by Crippen LogP contribution is -2.27. The van der Waals surface area contributed by atoms with E-state index in [0.717, 1.165) is 40.6 Å². The minimum absolute atomic E-state index is 0.117. The fraction of sp³-hybridized carbons (Fsp3) is 0.429. The Bertz CT molecular complexity index is 1180. The molecule has 2 aromatic carbocycles. The van der Waals surface area contributed by atoms with Crippen LogP contribution in [0.3, 0.4) is 0 Å². The van der Waals surface area contributed by atoms with Crippen molar-refractivity contribution in [2.45, 2.75) is 66.3 Å². The van der Waals surface area contributed by atoms with E-state index in [9.17, 15) is 9.59 Å². The monoisotopic (exact) mass is 449 g/mol. The highest BCUT2D eigenvalue weighted by Crippen LogP contribution is 2.40. The van der Waals surface area contributed by atoms with Gasteiger partial charge in [0.15, 0.2) is 5.78 Å². The molecule has 1 saturated carbocycles. The smallest absolute Gasteiger partial charge is 0.168 e. The van der Waals surface area contributed by atoms with E-state index in [1.165, 1.54) is 5.56 Å². The molecule has 3 aromatic rings. The van der Waals surface area contributed by atoms with Gasteiger partial charge in [0.1, 0.15) is 5.78 Å². The molecule has 1 aliphatic carbocycles. The van der Waals surface area contributed by atoms with E-state index in [1.807, 2.05) is 38.1 Å². The molecule has 1 heterocycles. The molecule has 4 rings (SSSR count). The van der Waals surface area contributed by atoms with Gasteiger partial charge < -0.3 is 4.57 Å². The minimum atomic E-state index is -0.550. The van der Waals surface area contributed by atoms with Crippen LogP contribution in [0.2, 0.25) is 5.02 Å². The molecule has 3 nitrogen and oxygen atoms in total. The molecule has 0 unspecified atom stereocenters. The third-order valence-corrected chi connectivity index (χ3v) is 7.12. The van der Waals surface area contributed by atoms with Crippen LogP contribution < -0.4 is 0 Å². The highest BCUT2D eigenvalue weighted by Gasteiger charge is 2.37. The first-order valence-electron chi connectivity index (χ1n) is 11.5. The van der Waals surface area contributed by atoms with Crippen molar-refractivity contribution in [1.29, 1.82) is 0 Å². The van der Waals surface area contributed by atoms with Crippen molar-refractivity contribution in [3.63, 3.8) is 0 Å². The van der Waals surface area contributed by atoms with Crippen molar-refractivity contribution < 1.29 is 9.59 Å². The third-order valence-electron chi connectivity index (χ3n) is 6.87. The molecule has 4 heteroatoms. The Kier molecular flexibility index (Phi) is 6.06. The molecule has 1 aromatic heterocycles. The van der Waals surface area contributed by atoms with Crippen molar-refractivity contribution in [1.82, 2.24) is 4.57 Å². The maximum Gasteiger partial charge on any atom is 0.168 e. The fourth-order valence-electron chi connectivity index (χ4n) is 4.29. The maximum atomic E-state index is 13.6. The number of ketones is 2. The number of hydrogen-bond acceptors (Lipinski definition) is 2. The predicted octanol–water partition coefficient (Wildman–Crippen LogP) is 7.22. The predicted molar refractivity (Wildman–Crippen MR) is 132 cm³/mol. The number of carbonyl (C=O) groups is 2. The van der Waals surface area contributed by atoms with E-state index in [0.29, 0.717) is 23.9 Å². The lowest BCUT2D eigenvalue weighted by Gasteiger charge is -2.23. The Labute approximate surface area is 195 Å². The van der Waals surface area contributed by atoms with Gasteiger partial charge in [-0.15, -0.1) is 0 Å². The number of Topliss-reactive ketones (excluding diaryl/α,β-unsaturated/α-hetero) is 2. The summed E-state index contributed by atoms with van der Waals surface area (Å²) in [4.78, 5) is 26.0. The third kappa shape index (κ3) is 4.41. The van der Waals surface area contributed by atoms with E-state index < -0.39 is 5.41 Å². The summed E-state index contributed by atoms with van der Waals surface area (Å²) in [7, 11) is 0. The minimum Gasteiger partial charge on any atom is -0.339 e. The van der Waals surface area contributed by atoms with Crippen molar-refractivity contribution in [2.24, 2.45) is 11.3 Å². The summed E-state index contributed by atoms with van der Waals surface area (Å²) in [6.45, 7) is 10.6.